The summed E-state index contributed by atoms with van der Waals surface area (Å²) in [6.45, 7) is 3.69. The van der Waals surface area contributed by atoms with Gasteiger partial charge in [-0.05, 0) is 36.6 Å². The zero-order valence-corrected chi connectivity index (χ0v) is 18.5. The highest BCUT2D eigenvalue weighted by Crippen LogP contribution is 2.29. The van der Waals surface area contributed by atoms with Crippen molar-refractivity contribution < 1.29 is 4.42 Å². The van der Waals surface area contributed by atoms with Crippen LogP contribution in [0, 0.1) is 0 Å². The second-order valence-electron chi connectivity index (χ2n) is 8.32. The third-order valence-electron chi connectivity index (χ3n) is 5.95. The fraction of sp³-hybridized carbons (Fsp3) is 0.269. The second kappa shape index (κ2) is 10.3. The topological polar surface area (TPSA) is 79.1 Å². The normalized spacial score (nSPS) is 14.8. The van der Waals surface area contributed by atoms with Gasteiger partial charge in [0.2, 0.25) is 5.95 Å². The van der Waals surface area contributed by atoms with Crippen LogP contribution in [0.3, 0.4) is 0 Å². The number of likely N-dealkylation sites (tertiary alicyclic amines) is 1. The van der Waals surface area contributed by atoms with Crippen LogP contribution in [0.1, 0.15) is 24.1 Å². The average molecular weight is 441 g/mol. The third-order valence-corrected chi connectivity index (χ3v) is 5.95. The lowest BCUT2D eigenvalue weighted by Gasteiger charge is -2.33. The van der Waals surface area contributed by atoms with Crippen LogP contribution in [-0.4, -0.2) is 39.0 Å². The van der Waals surface area contributed by atoms with E-state index in [1.807, 2.05) is 30.5 Å². The number of rotatable bonds is 8. The SMILES string of the molecule is c1ccc(CN2CCC(Nc3nc(NCc4ccccn4)ncc3-c3ccoc3)CC2)cc1. The average Bonchev–Trinajstić information content (AvgIpc) is 3.40. The van der Waals surface area contributed by atoms with E-state index in [1.54, 1.807) is 18.7 Å². The van der Waals surface area contributed by atoms with Crippen molar-refractivity contribution in [1.29, 1.82) is 0 Å². The maximum atomic E-state index is 5.31. The third kappa shape index (κ3) is 5.56. The van der Waals surface area contributed by atoms with Gasteiger partial charge >= 0.3 is 0 Å². The number of nitrogens with zero attached hydrogens (tertiary/aromatic N) is 4. The van der Waals surface area contributed by atoms with Crippen LogP contribution < -0.4 is 10.6 Å². The summed E-state index contributed by atoms with van der Waals surface area (Å²) >= 11 is 0. The standard InChI is InChI=1S/C26H28N6O/c1-2-6-20(7-3-1)18-32-13-9-22(10-14-32)30-25-24(21-11-15-33-19-21)17-29-26(31-25)28-16-23-8-4-5-12-27-23/h1-8,11-12,15,17,19,22H,9-10,13-14,16,18H2,(H2,28,29,30,31). The van der Waals surface area contributed by atoms with E-state index in [4.69, 9.17) is 9.40 Å². The monoisotopic (exact) mass is 440 g/mol. The first-order valence-corrected chi connectivity index (χ1v) is 11.4. The molecule has 4 heterocycles. The van der Waals surface area contributed by atoms with Crippen LogP contribution in [0.5, 0.6) is 0 Å². The highest BCUT2D eigenvalue weighted by atomic mass is 16.3. The number of aromatic nitrogens is 3. The van der Waals surface area contributed by atoms with Crippen LogP contribution in [0.2, 0.25) is 0 Å². The molecule has 3 aromatic heterocycles. The molecule has 7 heteroatoms. The molecule has 0 aliphatic carbocycles. The van der Waals surface area contributed by atoms with Crippen molar-refractivity contribution in [2.45, 2.75) is 32.0 Å². The molecule has 0 saturated carbocycles. The molecule has 0 amide bonds. The molecule has 1 aliphatic rings. The van der Waals surface area contributed by atoms with Gasteiger partial charge in [0.25, 0.3) is 0 Å². The summed E-state index contributed by atoms with van der Waals surface area (Å²) in [6.07, 6.45) is 9.18. The number of pyridine rings is 1. The Morgan fingerprint density at radius 2 is 1.82 bits per heavy atom. The smallest absolute Gasteiger partial charge is 0.224 e. The van der Waals surface area contributed by atoms with E-state index < -0.39 is 0 Å². The first-order valence-electron chi connectivity index (χ1n) is 11.4. The molecule has 2 N–H and O–H groups in total. The minimum Gasteiger partial charge on any atom is -0.472 e. The van der Waals surface area contributed by atoms with Crippen LogP contribution in [0.25, 0.3) is 11.1 Å². The van der Waals surface area contributed by atoms with Crippen molar-refractivity contribution in [2.75, 3.05) is 23.7 Å². The second-order valence-corrected chi connectivity index (χ2v) is 8.32. The van der Waals surface area contributed by atoms with Crippen molar-refractivity contribution in [1.82, 2.24) is 19.9 Å². The summed E-state index contributed by atoms with van der Waals surface area (Å²) in [6, 6.07) is 18.8. The molecule has 4 aromatic rings. The highest BCUT2D eigenvalue weighted by molar-refractivity contribution is 5.74. The van der Waals surface area contributed by atoms with Gasteiger partial charge in [0.15, 0.2) is 0 Å². The zero-order valence-electron chi connectivity index (χ0n) is 18.5. The molecule has 0 spiro atoms. The van der Waals surface area contributed by atoms with Crippen molar-refractivity contribution in [3.05, 3.63) is 90.8 Å². The van der Waals surface area contributed by atoms with Gasteiger partial charge in [-0.3, -0.25) is 9.88 Å². The summed E-state index contributed by atoms with van der Waals surface area (Å²) in [5, 5.41) is 6.97. The molecular weight excluding hydrogens is 412 g/mol. The van der Waals surface area contributed by atoms with Crippen LogP contribution in [0.15, 0.2) is 83.9 Å². The molecule has 0 radical (unpaired) electrons. The molecule has 0 unspecified atom stereocenters. The molecule has 5 rings (SSSR count). The molecule has 0 atom stereocenters. The Hall–Kier alpha value is -3.71. The van der Waals surface area contributed by atoms with Gasteiger partial charge < -0.3 is 15.1 Å². The van der Waals surface area contributed by atoms with E-state index in [9.17, 15) is 0 Å². The molecule has 0 bridgehead atoms. The lowest BCUT2D eigenvalue weighted by molar-refractivity contribution is 0.211. The van der Waals surface area contributed by atoms with E-state index in [2.05, 4.69) is 55.8 Å². The highest BCUT2D eigenvalue weighted by Gasteiger charge is 2.21. The molecule has 33 heavy (non-hydrogen) atoms. The van der Waals surface area contributed by atoms with E-state index in [1.165, 1.54) is 5.56 Å². The van der Waals surface area contributed by atoms with Crippen LogP contribution >= 0.6 is 0 Å². The first-order chi connectivity index (χ1) is 16.3. The molecule has 7 nitrogen and oxygen atoms in total. The fourth-order valence-electron chi connectivity index (χ4n) is 4.15. The van der Waals surface area contributed by atoms with E-state index in [0.29, 0.717) is 18.5 Å². The Bertz CT molecular complexity index is 1130. The molecule has 1 aromatic carbocycles. The molecule has 168 valence electrons. The van der Waals surface area contributed by atoms with Crippen LogP contribution in [0.4, 0.5) is 11.8 Å². The Kier molecular flexibility index (Phi) is 6.58. The van der Waals surface area contributed by atoms with Gasteiger partial charge in [0.05, 0.1) is 24.8 Å². The van der Waals surface area contributed by atoms with E-state index in [0.717, 1.165) is 55.1 Å². The maximum Gasteiger partial charge on any atom is 0.224 e. The summed E-state index contributed by atoms with van der Waals surface area (Å²) in [5.74, 6) is 1.41. The largest absolute Gasteiger partial charge is 0.472 e. The van der Waals surface area contributed by atoms with E-state index >= 15 is 0 Å². The van der Waals surface area contributed by atoms with Gasteiger partial charge in [0, 0.05) is 49.2 Å². The van der Waals surface area contributed by atoms with Gasteiger partial charge in [-0.1, -0.05) is 36.4 Å². The first kappa shape index (κ1) is 21.2. The van der Waals surface area contributed by atoms with Crippen LogP contribution in [-0.2, 0) is 13.1 Å². The van der Waals surface area contributed by atoms with Gasteiger partial charge in [0.1, 0.15) is 5.82 Å². The lowest BCUT2D eigenvalue weighted by atomic mass is 10.0. The summed E-state index contributed by atoms with van der Waals surface area (Å²) in [7, 11) is 0. The van der Waals surface area contributed by atoms with Crippen molar-refractivity contribution in [3.8, 4) is 11.1 Å². The number of hydrogen-bond donors (Lipinski definition) is 2. The predicted molar refractivity (Wildman–Crippen MR) is 130 cm³/mol. The lowest BCUT2D eigenvalue weighted by Crippen LogP contribution is -2.38. The predicted octanol–water partition coefficient (Wildman–Crippen LogP) is 4.82. The Labute approximate surface area is 193 Å². The minimum atomic E-state index is 0.362. The van der Waals surface area contributed by atoms with Gasteiger partial charge in [-0.25, -0.2) is 4.98 Å². The van der Waals surface area contributed by atoms with Crippen molar-refractivity contribution in [3.63, 3.8) is 0 Å². The number of anilines is 2. The fourth-order valence-corrected chi connectivity index (χ4v) is 4.15. The quantitative estimate of drug-likeness (QED) is 0.407. The number of nitrogens with one attached hydrogen (secondary N) is 2. The molecule has 1 fully saturated rings. The Morgan fingerprint density at radius 3 is 2.58 bits per heavy atom. The number of piperidine rings is 1. The minimum absolute atomic E-state index is 0.362. The maximum absolute atomic E-state index is 5.31. The number of benzene rings is 1. The number of hydrogen-bond acceptors (Lipinski definition) is 7. The Balaban J connectivity index is 1.26. The Morgan fingerprint density at radius 1 is 0.970 bits per heavy atom. The summed E-state index contributed by atoms with van der Waals surface area (Å²) in [4.78, 5) is 16.2. The summed E-state index contributed by atoms with van der Waals surface area (Å²) < 4.78 is 5.31. The zero-order chi connectivity index (χ0) is 22.3. The van der Waals surface area contributed by atoms with Crippen molar-refractivity contribution in [2.24, 2.45) is 0 Å². The van der Waals surface area contributed by atoms with E-state index in [-0.39, 0.29) is 0 Å². The van der Waals surface area contributed by atoms with Gasteiger partial charge in [-0.15, -0.1) is 0 Å². The van der Waals surface area contributed by atoms with Crippen molar-refractivity contribution >= 4 is 11.8 Å². The van der Waals surface area contributed by atoms with Gasteiger partial charge in [-0.2, -0.15) is 4.98 Å². The summed E-state index contributed by atoms with van der Waals surface area (Å²) in [5.41, 5.74) is 4.22. The molecule has 1 aliphatic heterocycles. The molecular formula is C26H28N6O. The molecule has 1 saturated heterocycles. The number of furan rings is 1.